The molecule has 4 N–H and O–H groups in total. The van der Waals surface area contributed by atoms with Crippen LogP contribution in [-0.4, -0.2) is 60.3 Å². The van der Waals surface area contributed by atoms with Crippen LogP contribution in [0.25, 0.3) is 0 Å². The van der Waals surface area contributed by atoms with Crippen molar-refractivity contribution >= 4 is 16.0 Å². The van der Waals surface area contributed by atoms with Crippen LogP contribution in [-0.2, 0) is 22.2 Å². The molecule has 0 spiro atoms. The van der Waals surface area contributed by atoms with Crippen LogP contribution in [0.3, 0.4) is 0 Å². The maximum absolute atomic E-state index is 11.6. The van der Waals surface area contributed by atoms with Crippen molar-refractivity contribution in [3.8, 4) is 11.8 Å². The number of rotatable bonds is 12. The number of aliphatic hydroxyl groups excluding tert-OH is 1. The van der Waals surface area contributed by atoms with Gasteiger partial charge in [-0.15, -0.1) is 0 Å². The van der Waals surface area contributed by atoms with E-state index in [0.29, 0.717) is 36.3 Å². The second-order valence-corrected chi connectivity index (χ2v) is 9.62. The summed E-state index contributed by atoms with van der Waals surface area (Å²) in [5.74, 6) is 1.17. The van der Waals surface area contributed by atoms with Crippen molar-refractivity contribution in [1.29, 1.82) is 0 Å². The molecule has 2 aromatic heterocycles. The van der Waals surface area contributed by atoms with Gasteiger partial charge in [-0.3, -0.25) is 0 Å². The van der Waals surface area contributed by atoms with Gasteiger partial charge >= 0.3 is 0 Å². The molecule has 0 saturated carbocycles. The topological polar surface area (TPSA) is 162 Å². The van der Waals surface area contributed by atoms with Crippen LogP contribution in [0.4, 0.5) is 5.95 Å². The lowest BCUT2D eigenvalue weighted by atomic mass is 9.98. The van der Waals surface area contributed by atoms with Crippen molar-refractivity contribution in [2.75, 3.05) is 26.1 Å². The van der Waals surface area contributed by atoms with Gasteiger partial charge < -0.3 is 19.9 Å². The smallest absolute Gasteiger partial charge is 0.226 e. The molecule has 178 valence electrons. The van der Waals surface area contributed by atoms with Crippen LogP contribution >= 0.6 is 0 Å². The highest BCUT2D eigenvalue weighted by Gasteiger charge is 2.20. The Kier molecular flexibility index (Phi) is 9.10. The SMILES string of the molecule is COc1ccc([C@H](C)Cc2nc(CS(N)(=O)=O)nc(N[C@@H](CO)CC(C)C)n2)c(OC)n1. The molecule has 0 aliphatic heterocycles. The molecule has 12 heteroatoms. The van der Waals surface area contributed by atoms with Gasteiger partial charge in [-0.25, -0.2) is 18.5 Å². The number of pyridine rings is 1. The number of nitrogens with one attached hydrogen (secondary N) is 1. The third-order valence-electron chi connectivity index (χ3n) is 4.65. The third kappa shape index (κ3) is 7.84. The number of methoxy groups -OCH3 is 2. The largest absolute Gasteiger partial charge is 0.481 e. The summed E-state index contributed by atoms with van der Waals surface area (Å²) in [5.41, 5.74) is 0.823. The fourth-order valence-electron chi connectivity index (χ4n) is 3.27. The van der Waals surface area contributed by atoms with Gasteiger partial charge in [0, 0.05) is 18.1 Å². The summed E-state index contributed by atoms with van der Waals surface area (Å²) in [6, 6.07) is 3.31. The number of hydrogen-bond donors (Lipinski definition) is 3. The van der Waals surface area contributed by atoms with Crippen molar-refractivity contribution in [1.82, 2.24) is 19.9 Å². The Balaban J connectivity index is 2.35. The summed E-state index contributed by atoms with van der Waals surface area (Å²) in [5, 5.41) is 17.9. The normalized spacial score (nSPS) is 13.6. The first-order valence-corrected chi connectivity index (χ1v) is 12.0. The van der Waals surface area contributed by atoms with E-state index < -0.39 is 15.8 Å². The summed E-state index contributed by atoms with van der Waals surface area (Å²) < 4.78 is 33.8. The summed E-state index contributed by atoms with van der Waals surface area (Å²) >= 11 is 0. The van der Waals surface area contributed by atoms with Gasteiger partial charge in [0.2, 0.25) is 27.7 Å². The highest BCUT2D eigenvalue weighted by Crippen LogP contribution is 2.29. The zero-order chi connectivity index (χ0) is 23.9. The van der Waals surface area contributed by atoms with Gasteiger partial charge in [0.05, 0.1) is 26.9 Å². The lowest BCUT2D eigenvalue weighted by molar-refractivity contribution is 0.259. The Bertz CT molecular complexity index is 1000. The van der Waals surface area contributed by atoms with Gasteiger partial charge in [0.25, 0.3) is 0 Å². The molecule has 0 fully saturated rings. The van der Waals surface area contributed by atoms with Gasteiger partial charge in [-0.05, 0) is 24.3 Å². The molecule has 2 rings (SSSR count). The van der Waals surface area contributed by atoms with Crippen molar-refractivity contribution in [3.05, 3.63) is 29.3 Å². The van der Waals surface area contributed by atoms with Crippen molar-refractivity contribution in [3.63, 3.8) is 0 Å². The summed E-state index contributed by atoms with van der Waals surface area (Å²) in [4.78, 5) is 17.2. The van der Waals surface area contributed by atoms with E-state index in [1.54, 1.807) is 6.07 Å². The van der Waals surface area contributed by atoms with E-state index in [2.05, 4.69) is 25.3 Å². The highest BCUT2D eigenvalue weighted by atomic mass is 32.2. The predicted molar refractivity (Wildman–Crippen MR) is 120 cm³/mol. The Morgan fingerprint density at radius 3 is 2.31 bits per heavy atom. The average Bonchev–Trinajstić information content (AvgIpc) is 2.70. The number of aliphatic hydroxyl groups is 1. The number of primary sulfonamides is 1. The molecular weight excluding hydrogens is 436 g/mol. The number of anilines is 1. The quantitative estimate of drug-likeness (QED) is 0.413. The van der Waals surface area contributed by atoms with E-state index >= 15 is 0 Å². The summed E-state index contributed by atoms with van der Waals surface area (Å²) in [6.07, 6.45) is 1.06. The molecule has 0 aliphatic carbocycles. The Hall–Kier alpha value is -2.57. The minimum Gasteiger partial charge on any atom is -0.481 e. The molecule has 0 aliphatic rings. The first kappa shape index (κ1) is 25.7. The first-order valence-electron chi connectivity index (χ1n) is 10.2. The monoisotopic (exact) mass is 468 g/mol. The van der Waals surface area contributed by atoms with Crippen molar-refractivity contribution in [2.45, 2.75) is 51.3 Å². The molecule has 2 aromatic rings. The Morgan fingerprint density at radius 1 is 1.06 bits per heavy atom. The minimum atomic E-state index is -3.84. The Labute approximate surface area is 188 Å². The molecule has 2 heterocycles. The maximum atomic E-state index is 11.6. The highest BCUT2D eigenvalue weighted by molar-refractivity contribution is 7.88. The lowest BCUT2D eigenvalue weighted by Gasteiger charge is -2.19. The number of nitrogens with two attached hydrogens (primary N) is 1. The molecule has 0 aromatic carbocycles. The van der Waals surface area contributed by atoms with Crippen molar-refractivity contribution in [2.24, 2.45) is 11.1 Å². The van der Waals surface area contributed by atoms with E-state index in [1.807, 2.05) is 26.8 Å². The average molecular weight is 469 g/mol. The van der Waals surface area contributed by atoms with E-state index in [9.17, 15) is 13.5 Å². The van der Waals surface area contributed by atoms with Gasteiger partial charge in [0.1, 0.15) is 11.6 Å². The molecular formula is C20H32N6O5S. The second kappa shape index (κ2) is 11.3. The second-order valence-electron chi connectivity index (χ2n) is 8.01. The summed E-state index contributed by atoms with van der Waals surface area (Å²) in [6.45, 7) is 5.91. The molecule has 11 nitrogen and oxygen atoms in total. The zero-order valence-electron chi connectivity index (χ0n) is 19.1. The van der Waals surface area contributed by atoms with E-state index in [0.717, 1.165) is 5.56 Å². The third-order valence-corrected chi connectivity index (χ3v) is 5.31. The number of hydrogen-bond acceptors (Lipinski definition) is 10. The predicted octanol–water partition coefficient (Wildman–Crippen LogP) is 1.24. The molecule has 0 bridgehead atoms. The van der Waals surface area contributed by atoms with Crippen LogP contribution in [0.1, 0.15) is 50.3 Å². The van der Waals surface area contributed by atoms with Crippen LogP contribution in [0, 0.1) is 5.92 Å². The Morgan fingerprint density at radius 2 is 1.75 bits per heavy atom. The van der Waals surface area contributed by atoms with E-state index in [4.69, 9.17) is 14.6 Å². The first-order chi connectivity index (χ1) is 15.0. The van der Waals surface area contributed by atoms with E-state index in [1.165, 1.54) is 14.2 Å². The van der Waals surface area contributed by atoms with Crippen molar-refractivity contribution < 1.29 is 23.0 Å². The molecule has 0 amide bonds. The molecule has 0 saturated heterocycles. The summed E-state index contributed by atoms with van der Waals surface area (Å²) in [7, 11) is -0.788. The van der Waals surface area contributed by atoms with Crippen LogP contribution < -0.4 is 19.9 Å². The maximum Gasteiger partial charge on any atom is 0.226 e. The van der Waals surface area contributed by atoms with Gasteiger partial charge in [0.15, 0.2) is 5.82 Å². The standard InChI is InChI=1S/C20H32N6O5S/c1-12(2)8-14(10-27)22-20-24-16(23-17(25-20)11-32(21,28)29)9-13(3)15-6-7-18(30-4)26-19(15)31-5/h6-7,12-14,27H,8-11H2,1-5H3,(H2,21,28,29)(H,22,23,24,25)/t13-,14-/m1/s1. The van der Waals surface area contributed by atoms with Crippen LogP contribution in [0.2, 0.25) is 0 Å². The molecule has 2 atom stereocenters. The van der Waals surface area contributed by atoms with Gasteiger partial charge in [-0.1, -0.05) is 20.8 Å². The minimum absolute atomic E-state index is 0.0354. The number of aromatic nitrogens is 4. The van der Waals surface area contributed by atoms with Gasteiger partial charge in [-0.2, -0.15) is 15.0 Å². The zero-order valence-corrected chi connectivity index (χ0v) is 19.9. The number of ether oxygens (including phenoxy) is 2. The molecule has 0 unspecified atom stereocenters. The van der Waals surface area contributed by atoms with E-state index in [-0.39, 0.29) is 30.3 Å². The lowest BCUT2D eigenvalue weighted by Crippen LogP contribution is -2.28. The molecule has 0 radical (unpaired) electrons. The van der Waals surface area contributed by atoms with Crippen LogP contribution in [0.15, 0.2) is 12.1 Å². The number of sulfonamides is 1. The fourth-order valence-corrected chi connectivity index (χ4v) is 3.76. The van der Waals surface area contributed by atoms with Crippen LogP contribution in [0.5, 0.6) is 11.8 Å². The fraction of sp³-hybridized carbons (Fsp3) is 0.600. The number of nitrogens with zero attached hydrogens (tertiary/aromatic N) is 4. The molecule has 32 heavy (non-hydrogen) atoms.